The van der Waals surface area contributed by atoms with Gasteiger partial charge in [0.1, 0.15) is 0 Å². The second kappa shape index (κ2) is 9.17. The molecule has 0 spiro atoms. The van der Waals surface area contributed by atoms with Gasteiger partial charge >= 0.3 is 0 Å². The normalized spacial score (nSPS) is 17.1. The van der Waals surface area contributed by atoms with E-state index in [2.05, 4.69) is 29.2 Å². The van der Waals surface area contributed by atoms with Crippen molar-refractivity contribution in [2.24, 2.45) is 0 Å². The highest BCUT2D eigenvalue weighted by Crippen LogP contribution is 2.37. The molecule has 0 atom stereocenters. The van der Waals surface area contributed by atoms with Crippen molar-refractivity contribution in [3.8, 4) is 11.5 Å². The quantitative estimate of drug-likeness (QED) is 0.610. The lowest BCUT2D eigenvalue weighted by molar-refractivity contribution is -0.114. The van der Waals surface area contributed by atoms with E-state index in [1.807, 2.05) is 24.3 Å². The number of ether oxygens (including phenoxy) is 2. The topological polar surface area (TPSA) is 38.8 Å². The number of allylic oxidation sites excluding steroid dienone is 2. The Hall–Kier alpha value is -2.75. The van der Waals surface area contributed by atoms with E-state index in [1.54, 1.807) is 13.2 Å². The summed E-state index contributed by atoms with van der Waals surface area (Å²) in [7, 11) is 1.68. The van der Waals surface area contributed by atoms with Crippen LogP contribution in [0.5, 0.6) is 11.5 Å². The fourth-order valence-corrected chi connectivity index (χ4v) is 4.21. The molecule has 4 nitrogen and oxygen atoms in total. The van der Waals surface area contributed by atoms with Gasteiger partial charge < -0.3 is 14.4 Å². The Morgan fingerprint density at radius 2 is 1.76 bits per heavy atom. The van der Waals surface area contributed by atoms with Gasteiger partial charge in [-0.05, 0) is 49.8 Å². The molecule has 2 aliphatic carbocycles. The molecular weight excluding hydrogens is 362 g/mol. The fourth-order valence-electron chi connectivity index (χ4n) is 4.21. The van der Waals surface area contributed by atoms with E-state index in [-0.39, 0.29) is 11.9 Å². The van der Waals surface area contributed by atoms with Gasteiger partial charge in [-0.25, -0.2) is 0 Å². The van der Waals surface area contributed by atoms with Crippen molar-refractivity contribution < 1.29 is 14.3 Å². The van der Waals surface area contributed by atoms with Crippen molar-refractivity contribution >= 4 is 11.5 Å². The van der Waals surface area contributed by atoms with Gasteiger partial charge in [-0.2, -0.15) is 0 Å². The predicted octanol–water partition coefficient (Wildman–Crippen LogP) is 5.66. The summed E-state index contributed by atoms with van der Waals surface area (Å²) >= 11 is 0. The minimum atomic E-state index is 0.199. The Kier molecular flexibility index (Phi) is 6.18. The van der Waals surface area contributed by atoms with Crippen molar-refractivity contribution in [1.29, 1.82) is 0 Å². The lowest BCUT2D eigenvalue weighted by Gasteiger charge is -2.28. The number of rotatable bonds is 7. The van der Waals surface area contributed by atoms with Gasteiger partial charge in [0, 0.05) is 36.5 Å². The second-order valence-electron chi connectivity index (χ2n) is 7.89. The molecule has 152 valence electrons. The molecule has 4 rings (SSSR count). The zero-order valence-corrected chi connectivity index (χ0v) is 17.1. The summed E-state index contributed by atoms with van der Waals surface area (Å²) < 4.78 is 11.9. The monoisotopic (exact) mass is 391 g/mol. The van der Waals surface area contributed by atoms with E-state index < -0.39 is 0 Å². The van der Waals surface area contributed by atoms with Crippen LogP contribution in [0.2, 0.25) is 0 Å². The van der Waals surface area contributed by atoms with Crippen molar-refractivity contribution in [1.82, 2.24) is 0 Å². The van der Waals surface area contributed by atoms with E-state index in [0.29, 0.717) is 6.42 Å². The first-order valence-corrected chi connectivity index (χ1v) is 10.6. The molecule has 0 unspecified atom stereocenters. The average Bonchev–Trinajstić information content (AvgIpc) is 3.19. The molecular formula is C25H29NO3. The molecule has 0 bridgehead atoms. The van der Waals surface area contributed by atoms with Gasteiger partial charge in [0.15, 0.2) is 17.3 Å². The summed E-state index contributed by atoms with van der Waals surface area (Å²) in [6.45, 7) is 0.717. The number of anilines is 1. The Bertz CT molecular complexity index is 869. The van der Waals surface area contributed by atoms with Crippen LogP contribution < -0.4 is 14.4 Å². The molecule has 0 heterocycles. The lowest BCUT2D eigenvalue weighted by atomic mass is 9.98. The third kappa shape index (κ3) is 4.81. The number of hydrogen-bond acceptors (Lipinski definition) is 4. The number of ketones is 1. The molecule has 0 radical (unpaired) electrons. The van der Waals surface area contributed by atoms with Crippen molar-refractivity contribution in [2.75, 3.05) is 12.0 Å². The molecule has 0 saturated heterocycles. The Morgan fingerprint density at radius 3 is 2.45 bits per heavy atom. The number of carbonyl (C=O) groups excluding carboxylic acids is 1. The van der Waals surface area contributed by atoms with E-state index in [9.17, 15) is 4.79 Å². The van der Waals surface area contributed by atoms with Crippen LogP contribution in [0.4, 0.5) is 5.69 Å². The van der Waals surface area contributed by atoms with Crippen LogP contribution in [0.25, 0.3) is 0 Å². The molecule has 0 aromatic heterocycles. The number of carbonyl (C=O) groups is 1. The molecule has 1 fully saturated rings. The Balaban J connectivity index is 1.65. The van der Waals surface area contributed by atoms with Crippen LogP contribution in [0.3, 0.4) is 0 Å². The second-order valence-corrected chi connectivity index (χ2v) is 7.89. The molecule has 0 amide bonds. The summed E-state index contributed by atoms with van der Waals surface area (Å²) in [6.07, 6.45) is 9.34. The van der Waals surface area contributed by atoms with Crippen LogP contribution in [0, 0.1) is 0 Å². The summed E-state index contributed by atoms with van der Waals surface area (Å²) in [4.78, 5) is 14.2. The van der Waals surface area contributed by atoms with Crippen LogP contribution >= 0.6 is 0 Å². The summed E-state index contributed by atoms with van der Waals surface area (Å²) in [5, 5.41) is 0. The van der Waals surface area contributed by atoms with Crippen LogP contribution in [-0.4, -0.2) is 19.0 Å². The maximum absolute atomic E-state index is 11.9. The lowest BCUT2D eigenvalue weighted by Crippen LogP contribution is -2.22. The van der Waals surface area contributed by atoms with Crippen LogP contribution in [0.1, 0.15) is 50.5 Å². The standard InChI is InChI=1S/C25H29NO3/c1-28-24-15-13-21(17-25(24)29-23-10-6-3-7-11-23)26(20-12-14-22(27)16-20)18-19-8-4-2-5-9-19/h2,4-5,8-9,13,15-17,23H,3,6-7,10-12,14,18H2,1H3. The van der Waals surface area contributed by atoms with Crippen molar-refractivity contribution in [3.63, 3.8) is 0 Å². The number of benzene rings is 2. The van der Waals surface area contributed by atoms with Gasteiger partial charge in [-0.3, -0.25) is 4.79 Å². The van der Waals surface area contributed by atoms with E-state index in [4.69, 9.17) is 9.47 Å². The van der Waals surface area contributed by atoms with Gasteiger partial charge in [0.25, 0.3) is 0 Å². The maximum atomic E-state index is 11.9. The number of hydrogen-bond donors (Lipinski definition) is 0. The summed E-state index contributed by atoms with van der Waals surface area (Å²) in [5.74, 6) is 1.75. The highest BCUT2D eigenvalue weighted by molar-refractivity contribution is 5.93. The first-order valence-electron chi connectivity index (χ1n) is 10.6. The maximum Gasteiger partial charge on any atom is 0.163 e. The van der Waals surface area contributed by atoms with E-state index in [1.165, 1.54) is 24.8 Å². The third-order valence-electron chi connectivity index (χ3n) is 5.79. The zero-order valence-electron chi connectivity index (χ0n) is 17.1. The van der Waals surface area contributed by atoms with E-state index in [0.717, 1.165) is 48.7 Å². The highest BCUT2D eigenvalue weighted by atomic mass is 16.5. The zero-order chi connectivity index (χ0) is 20.1. The first-order chi connectivity index (χ1) is 14.2. The minimum Gasteiger partial charge on any atom is -0.493 e. The third-order valence-corrected chi connectivity index (χ3v) is 5.79. The van der Waals surface area contributed by atoms with Gasteiger partial charge in [-0.1, -0.05) is 36.8 Å². The van der Waals surface area contributed by atoms with E-state index >= 15 is 0 Å². The largest absolute Gasteiger partial charge is 0.493 e. The minimum absolute atomic E-state index is 0.199. The van der Waals surface area contributed by atoms with Crippen LogP contribution in [-0.2, 0) is 11.3 Å². The smallest absolute Gasteiger partial charge is 0.163 e. The number of nitrogens with zero attached hydrogens (tertiary/aromatic N) is 1. The predicted molar refractivity (Wildman–Crippen MR) is 115 cm³/mol. The van der Waals surface area contributed by atoms with Gasteiger partial charge in [-0.15, -0.1) is 0 Å². The van der Waals surface area contributed by atoms with Gasteiger partial charge in [0.05, 0.1) is 13.2 Å². The SMILES string of the molecule is COc1ccc(N(Cc2ccccc2)C2=CC(=O)CC2)cc1OC1CCCCC1. The first kappa shape index (κ1) is 19.6. The molecule has 29 heavy (non-hydrogen) atoms. The summed E-state index contributed by atoms with van der Waals surface area (Å²) in [5.41, 5.74) is 3.30. The van der Waals surface area contributed by atoms with Crippen molar-refractivity contribution in [2.45, 2.75) is 57.6 Å². The fraction of sp³-hybridized carbons (Fsp3) is 0.400. The Morgan fingerprint density at radius 1 is 0.966 bits per heavy atom. The van der Waals surface area contributed by atoms with Crippen LogP contribution in [0.15, 0.2) is 60.3 Å². The van der Waals surface area contributed by atoms with Crippen molar-refractivity contribution in [3.05, 3.63) is 65.9 Å². The number of methoxy groups -OCH3 is 1. The highest BCUT2D eigenvalue weighted by Gasteiger charge is 2.22. The molecule has 1 saturated carbocycles. The molecule has 2 aliphatic rings. The Labute approximate surface area is 173 Å². The molecule has 2 aromatic rings. The van der Waals surface area contributed by atoms with Gasteiger partial charge in [0.2, 0.25) is 0 Å². The summed E-state index contributed by atoms with van der Waals surface area (Å²) in [6, 6.07) is 16.5. The molecule has 0 aliphatic heterocycles. The molecule has 4 heteroatoms. The molecule has 2 aromatic carbocycles. The molecule has 0 N–H and O–H groups in total. The average molecular weight is 392 g/mol.